The molecule has 57 heavy (non-hydrogen) atoms. The van der Waals surface area contributed by atoms with Gasteiger partial charge in [-0.25, -0.2) is 0 Å². The summed E-state index contributed by atoms with van der Waals surface area (Å²) in [6.07, 6.45) is 0. The first-order chi connectivity index (χ1) is 28.3. The van der Waals surface area contributed by atoms with Crippen LogP contribution in [0.15, 0.2) is 237 Å². The normalized spacial score (nSPS) is 11.2. The fourth-order valence-electron chi connectivity index (χ4n) is 8.23. The van der Waals surface area contributed by atoms with Crippen molar-refractivity contribution in [1.29, 1.82) is 0 Å². The second-order valence-corrected chi connectivity index (χ2v) is 14.5. The molecule has 10 rings (SSSR count). The van der Waals surface area contributed by atoms with Gasteiger partial charge in [0.05, 0.1) is 0 Å². The molecular weight excluding hydrogens is 687 g/mol. The number of anilines is 3. The molecule has 10 aromatic carbocycles. The molecule has 0 amide bonds. The minimum atomic E-state index is 1.10. The Labute approximate surface area is 334 Å². The number of nitrogens with zero attached hydrogens (tertiary/aromatic N) is 1. The van der Waals surface area contributed by atoms with Crippen LogP contribution in [0.2, 0.25) is 0 Å². The number of rotatable bonds is 8. The second-order valence-electron chi connectivity index (χ2n) is 14.5. The molecule has 1 nitrogen and oxygen atoms in total. The summed E-state index contributed by atoms with van der Waals surface area (Å²) in [6.45, 7) is 0. The standard InChI is InChI=1S/C56H39N/c1-4-15-42(16-5-1)52-36-30-48(39-55(52)43-17-6-2-7-18-43)41-24-31-49(32-25-41)57(51-35-26-40-14-10-11-22-47(40)38-51)50-33-27-45(28-34-50)54-37-29-44-19-12-13-23-53(44)56(54)46-20-8-3-9-21-46/h1-39H. The number of hydrogen-bond donors (Lipinski definition) is 0. The highest BCUT2D eigenvalue weighted by Gasteiger charge is 2.17. The lowest BCUT2D eigenvalue weighted by Crippen LogP contribution is -2.09. The van der Waals surface area contributed by atoms with E-state index in [1.54, 1.807) is 0 Å². The third-order valence-electron chi connectivity index (χ3n) is 11.1. The highest BCUT2D eigenvalue weighted by Crippen LogP contribution is 2.42. The molecule has 10 aromatic rings. The minimum Gasteiger partial charge on any atom is -0.310 e. The molecular formula is C56H39N. The summed E-state index contributed by atoms with van der Waals surface area (Å²) >= 11 is 0. The van der Waals surface area contributed by atoms with Crippen LogP contribution < -0.4 is 4.90 Å². The first-order valence-electron chi connectivity index (χ1n) is 19.6. The average Bonchev–Trinajstić information content (AvgIpc) is 3.30. The predicted octanol–water partition coefficient (Wildman–Crippen LogP) is 15.8. The van der Waals surface area contributed by atoms with Crippen LogP contribution in [-0.4, -0.2) is 0 Å². The quantitative estimate of drug-likeness (QED) is 0.151. The van der Waals surface area contributed by atoms with E-state index in [0.29, 0.717) is 0 Å². The second kappa shape index (κ2) is 15.0. The highest BCUT2D eigenvalue weighted by atomic mass is 15.1. The number of fused-ring (bicyclic) bond motifs is 2. The molecule has 268 valence electrons. The first kappa shape index (κ1) is 34.0. The Balaban J connectivity index is 1.06. The van der Waals surface area contributed by atoms with E-state index >= 15 is 0 Å². The molecule has 0 spiro atoms. The number of benzene rings is 10. The molecule has 1 heteroatoms. The molecule has 0 aliphatic heterocycles. The molecule has 0 heterocycles. The van der Waals surface area contributed by atoms with E-state index < -0.39 is 0 Å². The zero-order valence-corrected chi connectivity index (χ0v) is 31.5. The highest BCUT2D eigenvalue weighted by molar-refractivity contribution is 6.04. The van der Waals surface area contributed by atoms with Gasteiger partial charge < -0.3 is 4.90 Å². The molecule has 0 radical (unpaired) electrons. The van der Waals surface area contributed by atoms with Gasteiger partial charge in [-0.2, -0.15) is 0 Å². The van der Waals surface area contributed by atoms with Crippen LogP contribution >= 0.6 is 0 Å². The summed E-state index contributed by atoms with van der Waals surface area (Å²) in [5.41, 5.74) is 15.4. The topological polar surface area (TPSA) is 3.24 Å². The van der Waals surface area contributed by atoms with Crippen LogP contribution in [-0.2, 0) is 0 Å². The summed E-state index contributed by atoms with van der Waals surface area (Å²) in [4.78, 5) is 2.37. The van der Waals surface area contributed by atoms with Gasteiger partial charge in [0.25, 0.3) is 0 Å². The fourth-order valence-corrected chi connectivity index (χ4v) is 8.23. The lowest BCUT2D eigenvalue weighted by Gasteiger charge is -2.26. The van der Waals surface area contributed by atoms with Crippen molar-refractivity contribution in [2.45, 2.75) is 0 Å². The van der Waals surface area contributed by atoms with Crippen molar-refractivity contribution in [3.63, 3.8) is 0 Å². The van der Waals surface area contributed by atoms with Crippen LogP contribution in [0.4, 0.5) is 17.1 Å². The Hall–Kier alpha value is -7.48. The Kier molecular flexibility index (Phi) is 8.95. The van der Waals surface area contributed by atoms with Gasteiger partial charge in [0, 0.05) is 17.1 Å². The van der Waals surface area contributed by atoms with Crippen LogP contribution in [0.3, 0.4) is 0 Å². The van der Waals surface area contributed by atoms with Gasteiger partial charge in [0.15, 0.2) is 0 Å². The van der Waals surface area contributed by atoms with Gasteiger partial charge >= 0.3 is 0 Å². The summed E-state index contributed by atoms with van der Waals surface area (Å²) in [5, 5.41) is 4.94. The van der Waals surface area contributed by atoms with Crippen molar-refractivity contribution in [2.75, 3.05) is 4.90 Å². The molecule has 0 N–H and O–H groups in total. The maximum atomic E-state index is 2.37. The van der Waals surface area contributed by atoms with Crippen molar-refractivity contribution in [3.8, 4) is 55.6 Å². The lowest BCUT2D eigenvalue weighted by molar-refractivity contribution is 1.29. The van der Waals surface area contributed by atoms with Crippen molar-refractivity contribution >= 4 is 38.6 Å². The SMILES string of the molecule is c1ccc(-c2ccc(-c3ccc(N(c4ccc(-c5ccc6ccccc6c5-c5ccccc5)cc4)c4ccc5ccccc5c4)cc3)cc2-c2ccccc2)cc1. The van der Waals surface area contributed by atoms with Crippen LogP contribution in [0.25, 0.3) is 77.2 Å². The molecule has 0 atom stereocenters. The van der Waals surface area contributed by atoms with Gasteiger partial charge in [-0.1, -0.05) is 194 Å². The molecule has 0 aliphatic rings. The molecule has 0 fully saturated rings. The van der Waals surface area contributed by atoms with Crippen LogP contribution in [0.5, 0.6) is 0 Å². The first-order valence-corrected chi connectivity index (χ1v) is 19.6. The van der Waals surface area contributed by atoms with Crippen molar-refractivity contribution in [3.05, 3.63) is 237 Å². The van der Waals surface area contributed by atoms with Gasteiger partial charge in [-0.15, -0.1) is 0 Å². The third kappa shape index (κ3) is 6.66. The van der Waals surface area contributed by atoms with Crippen molar-refractivity contribution < 1.29 is 0 Å². The van der Waals surface area contributed by atoms with E-state index in [9.17, 15) is 0 Å². The minimum absolute atomic E-state index is 1.10. The lowest BCUT2D eigenvalue weighted by atomic mass is 9.90. The van der Waals surface area contributed by atoms with E-state index in [1.807, 2.05) is 0 Å². The molecule has 0 aromatic heterocycles. The third-order valence-corrected chi connectivity index (χ3v) is 11.1. The monoisotopic (exact) mass is 725 g/mol. The Morgan fingerprint density at radius 3 is 1.35 bits per heavy atom. The summed E-state index contributed by atoms with van der Waals surface area (Å²) < 4.78 is 0. The average molecular weight is 726 g/mol. The predicted molar refractivity (Wildman–Crippen MR) is 243 cm³/mol. The largest absolute Gasteiger partial charge is 0.310 e. The van der Waals surface area contributed by atoms with E-state index in [2.05, 4.69) is 241 Å². The summed E-state index contributed by atoms with van der Waals surface area (Å²) in [5.74, 6) is 0. The smallest absolute Gasteiger partial charge is 0.0468 e. The fraction of sp³-hybridized carbons (Fsp3) is 0. The summed E-state index contributed by atoms with van der Waals surface area (Å²) in [7, 11) is 0. The van der Waals surface area contributed by atoms with E-state index in [0.717, 1.165) is 17.1 Å². The molecule has 0 bridgehead atoms. The van der Waals surface area contributed by atoms with Crippen LogP contribution in [0, 0.1) is 0 Å². The zero-order chi connectivity index (χ0) is 38.0. The summed E-state index contributed by atoms with van der Waals surface area (Å²) in [6, 6.07) is 85.6. The maximum Gasteiger partial charge on any atom is 0.0468 e. The van der Waals surface area contributed by atoms with Gasteiger partial charge in [-0.3, -0.25) is 0 Å². The molecule has 0 aliphatic carbocycles. The van der Waals surface area contributed by atoms with E-state index in [-0.39, 0.29) is 0 Å². The van der Waals surface area contributed by atoms with Crippen molar-refractivity contribution in [1.82, 2.24) is 0 Å². The van der Waals surface area contributed by atoms with Crippen molar-refractivity contribution in [2.24, 2.45) is 0 Å². The van der Waals surface area contributed by atoms with Crippen LogP contribution in [0.1, 0.15) is 0 Å². The molecule has 0 saturated carbocycles. The van der Waals surface area contributed by atoms with E-state index in [1.165, 1.54) is 77.2 Å². The van der Waals surface area contributed by atoms with Gasteiger partial charge in [0.1, 0.15) is 0 Å². The van der Waals surface area contributed by atoms with Gasteiger partial charge in [-0.05, 0) is 120 Å². The Morgan fingerprint density at radius 2 is 0.684 bits per heavy atom. The Morgan fingerprint density at radius 1 is 0.228 bits per heavy atom. The van der Waals surface area contributed by atoms with E-state index in [4.69, 9.17) is 0 Å². The number of hydrogen-bond acceptors (Lipinski definition) is 1. The Bertz CT molecular complexity index is 2970. The van der Waals surface area contributed by atoms with Gasteiger partial charge in [0.2, 0.25) is 0 Å². The molecule has 0 unspecified atom stereocenters. The molecule has 0 saturated heterocycles. The maximum absolute atomic E-state index is 2.37. The zero-order valence-electron chi connectivity index (χ0n) is 31.5.